The van der Waals surface area contributed by atoms with Crippen LogP contribution in [0.15, 0.2) is 6.07 Å². The highest BCUT2D eigenvalue weighted by atomic mass is 35.5. The fourth-order valence-corrected chi connectivity index (χ4v) is 4.45. The zero-order valence-electron chi connectivity index (χ0n) is 9.35. The summed E-state index contributed by atoms with van der Waals surface area (Å²) in [6, 6.07) is 1.46. The van der Waals surface area contributed by atoms with E-state index in [9.17, 15) is 5.11 Å². The third-order valence-corrected chi connectivity index (χ3v) is 5.86. The molecule has 0 atom stereocenters. The van der Waals surface area contributed by atoms with Gasteiger partial charge in [0, 0.05) is 5.56 Å². The second-order valence-corrected chi connectivity index (χ2v) is 7.18. The SMILES string of the molecule is [O-]C(=PC1CCCC1)c1c(Cl)c(Cl)cc(Cl)c1Cl. The van der Waals surface area contributed by atoms with Crippen LogP contribution in [0.2, 0.25) is 20.1 Å². The van der Waals surface area contributed by atoms with Crippen molar-refractivity contribution in [3.8, 4) is 0 Å². The summed E-state index contributed by atoms with van der Waals surface area (Å²) in [6.07, 6.45) is 4.53. The van der Waals surface area contributed by atoms with Crippen molar-refractivity contribution in [3.05, 3.63) is 31.7 Å². The molecule has 2 rings (SSSR count). The van der Waals surface area contributed by atoms with E-state index in [-0.39, 0.29) is 31.1 Å². The molecular formula is C12H10Cl4OP-. The second kappa shape index (κ2) is 6.31. The summed E-state index contributed by atoms with van der Waals surface area (Å²) in [6.45, 7) is 0. The van der Waals surface area contributed by atoms with E-state index < -0.39 is 0 Å². The molecule has 6 heteroatoms. The van der Waals surface area contributed by atoms with Crippen LogP contribution >= 0.6 is 54.6 Å². The summed E-state index contributed by atoms with van der Waals surface area (Å²) < 4.78 is 0. The fraction of sp³-hybridized carbons (Fsp3) is 0.417. The highest BCUT2D eigenvalue weighted by molar-refractivity contribution is 7.41. The summed E-state index contributed by atoms with van der Waals surface area (Å²) in [7, 11) is 0.739. The van der Waals surface area contributed by atoms with Crippen molar-refractivity contribution in [2.45, 2.75) is 31.3 Å². The average molecular weight is 343 g/mol. The lowest BCUT2D eigenvalue weighted by molar-refractivity contribution is -0.207. The van der Waals surface area contributed by atoms with Gasteiger partial charge in [-0.05, 0) is 24.6 Å². The summed E-state index contributed by atoms with van der Waals surface area (Å²) in [4.78, 5) is 0. The van der Waals surface area contributed by atoms with Crippen molar-refractivity contribution >= 4 is 60.1 Å². The molecule has 0 heterocycles. The van der Waals surface area contributed by atoms with Gasteiger partial charge in [0.1, 0.15) is 0 Å². The molecule has 1 aromatic rings. The molecule has 0 saturated heterocycles. The highest BCUT2D eigenvalue weighted by Crippen LogP contribution is 2.39. The minimum Gasteiger partial charge on any atom is -0.823 e. The predicted octanol–water partition coefficient (Wildman–Crippen LogP) is 5.03. The number of rotatable bonds is 2. The maximum Gasteiger partial charge on any atom is 0.0673 e. The lowest BCUT2D eigenvalue weighted by Gasteiger charge is -2.19. The van der Waals surface area contributed by atoms with E-state index in [1.54, 1.807) is 0 Å². The van der Waals surface area contributed by atoms with Gasteiger partial charge in [-0.1, -0.05) is 59.2 Å². The summed E-state index contributed by atoms with van der Waals surface area (Å²) >= 11 is 23.9. The van der Waals surface area contributed by atoms with E-state index in [2.05, 4.69) is 0 Å². The largest absolute Gasteiger partial charge is 0.823 e. The third-order valence-electron chi connectivity index (χ3n) is 2.95. The Hall–Kier alpha value is 0.510. The minimum absolute atomic E-state index is 0.0960. The Bertz CT molecular complexity index is 469. The van der Waals surface area contributed by atoms with Crippen molar-refractivity contribution in [2.24, 2.45) is 0 Å². The first-order valence-corrected chi connectivity index (χ1v) is 8.06. The summed E-state index contributed by atoms with van der Waals surface area (Å²) in [5, 5.41) is 13.2. The molecule has 18 heavy (non-hydrogen) atoms. The summed E-state index contributed by atoms with van der Waals surface area (Å²) in [5.41, 5.74) is 0.563. The van der Waals surface area contributed by atoms with Gasteiger partial charge in [0.05, 0.1) is 20.1 Å². The normalized spacial score (nSPS) is 17.5. The third kappa shape index (κ3) is 3.15. The number of halogens is 4. The van der Waals surface area contributed by atoms with Crippen molar-refractivity contribution in [1.82, 2.24) is 0 Å². The molecule has 1 nitrogen and oxygen atoms in total. The van der Waals surface area contributed by atoms with E-state index in [1.165, 1.54) is 18.9 Å². The average Bonchev–Trinajstić information content (AvgIpc) is 2.79. The Morgan fingerprint density at radius 1 is 1.06 bits per heavy atom. The molecular weight excluding hydrogens is 333 g/mol. The van der Waals surface area contributed by atoms with Crippen molar-refractivity contribution < 1.29 is 5.11 Å². The van der Waals surface area contributed by atoms with Crippen molar-refractivity contribution in [3.63, 3.8) is 0 Å². The molecule has 0 aromatic heterocycles. The van der Waals surface area contributed by atoms with E-state index in [4.69, 9.17) is 46.4 Å². The maximum absolute atomic E-state index is 12.2. The standard InChI is InChI=1S/C12H11Cl4OP/c13-7-5-8(14)11(16)9(10(7)15)12(17)18-6-3-1-2-4-6/h5-6,17H,1-4H2/p-1. The van der Waals surface area contributed by atoms with Gasteiger partial charge in [-0.15, -0.1) is 13.7 Å². The van der Waals surface area contributed by atoms with Crippen LogP contribution in [0.1, 0.15) is 31.2 Å². The molecule has 1 saturated carbocycles. The van der Waals surface area contributed by atoms with Crippen LogP contribution < -0.4 is 5.11 Å². The zero-order chi connectivity index (χ0) is 13.3. The highest BCUT2D eigenvalue weighted by Gasteiger charge is 2.16. The molecule has 1 aliphatic carbocycles. The molecule has 0 amide bonds. The van der Waals surface area contributed by atoms with Gasteiger partial charge in [-0.2, -0.15) is 0 Å². The van der Waals surface area contributed by atoms with Crippen molar-refractivity contribution in [1.29, 1.82) is 0 Å². The predicted molar refractivity (Wildman–Crippen MR) is 79.8 cm³/mol. The van der Waals surface area contributed by atoms with E-state index in [0.717, 1.165) is 21.0 Å². The minimum atomic E-state index is -0.0960. The zero-order valence-corrected chi connectivity index (χ0v) is 13.3. The molecule has 0 N–H and O–H groups in total. The first kappa shape index (κ1) is 14.9. The van der Waals surface area contributed by atoms with E-state index >= 15 is 0 Å². The second-order valence-electron chi connectivity index (χ2n) is 4.22. The maximum atomic E-state index is 12.2. The molecule has 0 radical (unpaired) electrons. The lowest BCUT2D eigenvalue weighted by atomic mass is 10.2. The summed E-state index contributed by atoms with van der Waals surface area (Å²) in [5.74, 6) is 0. The van der Waals surface area contributed by atoms with Crippen LogP contribution in [0, 0.1) is 0 Å². The van der Waals surface area contributed by atoms with Crippen LogP contribution in [0.25, 0.3) is 0 Å². The van der Waals surface area contributed by atoms with Gasteiger partial charge in [0.25, 0.3) is 0 Å². The van der Waals surface area contributed by atoms with Crippen molar-refractivity contribution in [2.75, 3.05) is 0 Å². The first-order chi connectivity index (χ1) is 8.50. The topological polar surface area (TPSA) is 23.1 Å². The van der Waals surface area contributed by atoms with Gasteiger partial charge in [0.2, 0.25) is 0 Å². The molecule has 0 unspecified atom stereocenters. The molecule has 0 aliphatic heterocycles. The Morgan fingerprint density at radius 2 is 1.56 bits per heavy atom. The molecule has 1 fully saturated rings. The van der Waals surface area contributed by atoms with Crippen LogP contribution in [0.5, 0.6) is 0 Å². The molecule has 1 aromatic carbocycles. The lowest BCUT2D eigenvalue weighted by Crippen LogP contribution is -2.19. The molecule has 0 spiro atoms. The molecule has 0 bridgehead atoms. The van der Waals surface area contributed by atoms with E-state index in [0.29, 0.717) is 5.66 Å². The Morgan fingerprint density at radius 3 is 2.06 bits per heavy atom. The monoisotopic (exact) mass is 341 g/mol. The van der Waals surface area contributed by atoms with Crippen LogP contribution in [0.3, 0.4) is 0 Å². The molecule has 1 aliphatic rings. The van der Waals surface area contributed by atoms with Crippen LogP contribution in [-0.2, 0) is 0 Å². The van der Waals surface area contributed by atoms with Gasteiger partial charge in [-0.25, -0.2) is 0 Å². The van der Waals surface area contributed by atoms with Gasteiger partial charge < -0.3 is 5.11 Å². The number of benzene rings is 1. The first-order valence-electron chi connectivity index (χ1n) is 5.59. The van der Waals surface area contributed by atoms with E-state index in [1.807, 2.05) is 0 Å². The quantitative estimate of drug-likeness (QED) is 0.546. The number of hydrogen-bond donors (Lipinski definition) is 0. The van der Waals surface area contributed by atoms with Gasteiger partial charge >= 0.3 is 0 Å². The van der Waals surface area contributed by atoms with Crippen LogP contribution in [-0.4, -0.2) is 11.1 Å². The Kier molecular flexibility index (Phi) is 5.22. The Balaban J connectivity index is 2.43. The number of hydrogen-bond acceptors (Lipinski definition) is 1. The van der Waals surface area contributed by atoms with Crippen LogP contribution in [0.4, 0.5) is 0 Å². The molecule has 98 valence electrons. The fourth-order valence-electron chi connectivity index (χ4n) is 2.02. The van der Waals surface area contributed by atoms with Gasteiger partial charge in [-0.3, -0.25) is 0 Å². The Labute approximate surface area is 128 Å². The van der Waals surface area contributed by atoms with Gasteiger partial charge in [0.15, 0.2) is 0 Å². The smallest absolute Gasteiger partial charge is 0.0673 e.